The van der Waals surface area contributed by atoms with Gasteiger partial charge in [0.15, 0.2) is 0 Å². The molecule has 3 rings (SSSR count). The van der Waals surface area contributed by atoms with Crippen molar-refractivity contribution in [1.82, 2.24) is 9.21 Å². The van der Waals surface area contributed by atoms with Crippen LogP contribution in [0.3, 0.4) is 0 Å². The number of sulfonamides is 1. The lowest BCUT2D eigenvalue weighted by Crippen LogP contribution is -2.55. The summed E-state index contributed by atoms with van der Waals surface area (Å²) in [6.45, 7) is 4.58. The standard InChI is InChI=1S/C19H28N2O4S/c1-2-20-15-19(11-9-18(20)22)10-6-12-21(16-19)26(23,24)14-13-25-17-7-4-3-5-8-17/h3-5,7-8H,2,6,9-16H2,1H3/t19-/m1/s1. The molecule has 1 amide bonds. The second-order valence-electron chi connectivity index (χ2n) is 7.32. The molecule has 2 heterocycles. The third kappa shape index (κ3) is 4.38. The summed E-state index contributed by atoms with van der Waals surface area (Å²) in [6.07, 6.45) is 3.15. The predicted molar refractivity (Wildman–Crippen MR) is 100 cm³/mol. The van der Waals surface area contributed by atoms with E-state index in [2.05, 4.69) is 0 Å². The maximum absolute atomic E-state index is 12.8. The molecule has 144 valence electrons. The first-order valence-electron chi connectivity index (χ1n) is 9.38. The summed E-state index contributed by atoms with van der Waals surface area (Å²) in [5.74, 6) is 0.852. The van der Waals surface area contributed by atoms with Gasteiger partial charge in [0.05, 0.1) is 5.75 Å². The van der Waals surface area contributed by atoms with Crippen LogP contribution in [0.2, 0.25) is 0 Å². The number of amides is 1. The van der Waals surface area contributed by atoms with Crippen LogP contribution in [0.25, 0.3) is 0 Å². The van der Waals surface area contributed by atoms with E-state index in [0.717, 1.165) is 19.3 Å². The molecule has 0 bridgehead atoms. The summed E-state index contributed by atoms with van der Waals surface area (Å²) >= 11 is 0. The first kappa shape index (κ1) is 19.2. The van der Waals surface area contributed by atoms with Gasteiger partial charge in [0, 0.05) is 38.0 Å². The van der Waals surface area contributed by atoms with Crippen molar-refractivity contribution in [3.8, 4) is 5.75 Å². The molecule has 0 aromatic heterocycles. The quantitative estimate of drug-likeness (QED) is 0.758. The van der Waals surface area contributed by atoms with Gasteiger partial charge in [-0.25, -0.2) is 12.7 Å². The summed E-state index contributed by atoms with van der Waals surface area (Å²) in [4.78, 5) is 13.9. The number of para-hydroxylation sites is 1. The van der Waals surface area contributed by atoms with Crippen molar-refractivity contribution < 1.29 is 17.9 Å². The van der Waals surface area contributed by atoms with Crippen molar-refractivity contribution in [3.05, 3.63) is 30.3 Å². The highest BCUT2D eigenvalue weighted by molar-refractivity contribution is 7.89. The van der Waals surface area contributed by atoms with Crippen LogP contribution < -0.4 is 4.74 Å². The largest absolute Gasteiger partial charge is 0.492 e. The molecule has 2 aliphatic heterocycles. The Labute approximate surface area is 156 Å². The minimum Gasteiger partial charge on any atom is -0.492 e. The van der Waals surface area contributed by atoms with Gasteiger partial charge in [-0.1, -0.05) is 18.2 Å². The van der Waals surface area contributed by atoms with Crippen LogP contribution in [0.1, 0.15) is 32.6 Å². The zero-order valence-electron chi connectivity index (χ0n) is 15.4. The van der Waals surface area contributed by atoms with Crippen LogP contribution in [0.4, 0.5) is 0 Å². The molecule has 2 aliphatic rings. The van der Waals surface area contributed by atoms with E-state index in [-0.39, 0.29) is 23.7 Å². The van der Waals surface area contributed by atoms with Gasteiger partial charge in [0.25, 0.3) is 0 Å². The lowest BCUT2D eigenvalue weighted by molar-refractivity contribution is -0.138. The molecule has 2 fully saturated rings. The first-order chi connectivity index (χ1) is 12.4. The van der Waals surface area contributed by atoms with Crippen molar-refractivity contribution in [1.29, 1.82) is 0 Å². The van der Waals surface area contributed by atoms with Crippen LogP contribution in [0.5, 0.6) is 5.75 Å². The number of nitrogens with zero attached hydrogens (tertiary/aromatic N) is 2. The highest BCUT2D eigenvalue weighted by Gasteiger charge is 2.43. The second-order valence-corrected chi connectivity index (χ2v) is 9.41. The average Bonchev–Trinajstić information content (AvgIpc) is 2.65. The molecule has 0 N–H and O–H groups in total. The molecule has 7 heteroatoms. The maximum Gasteiger partial charge on any atom is 0.222 e. The van der Waals surface area contributed by atoms with Crippen molar-refractivity contribution >= 4 is 15.9 Å². The molecule has 0 unspecified atom stereocenters. The molecule has 0 saturated carbocycles. The van der Waals surface area contributed by atoms with Crippen molar-refractivity contribution in [2.24, 2.45) is 5.41 Å². The van der Waals surface area contributed by atoms with E-state index in [1.165, 1.54) is 0 Å². The Morgan fingerprint density at radius 3 is 2.65 bits per heavy atom. The lowest BCUT2D eigenvalue weighted by Gasteiger charge is -2.47. The number of ether oxygens (including phenoxy) is 1. The number of piperidine rings is 2. The topological polar surface area (TPSA) is 66.9 Å². The number of benzene rings is 1. The van der Waals surface area contributed by atoms with Gasteiger partial charge in [-0.2, -0.15) is 0 Å². The van der Waals surface area contributed by atoms with Crippen LogP contribution >= 0.6 is 0 Å². The van der Waals surface area contributed by atoms with E-state index in [1.807, 2.05) is 42.2 Å². The highest BCUT2D eigenvalue weighted by Crippen LogP contribution is 2.39. The van der Waals surface area contributed by atoms with Gasteiger partial charge in [0.1, 0.15) is 12.4 Å². The van der Waals surface area contributed by atoms with Gasteiger partial charge in [-0.3, -0.25) is 4.79 Å². The zero-order chi connectivity index (χ0) is 18.6. The zero-order valence-corrected chi connectivity index (χ0v) is 16.2. The second kappa shape index (κ2) is 7.96. The molecule has 1 atom stereocenters. The average molecular weight is 381 g/mol. The molecule has 1 spiro atoms. The summed E-state index contributed by atoms with van der Waals surface area (Å²) in [7, 11) is -3.36. The molecular formula is C19H28N2O4S. The molecule has 1 aromatic rings. The smallest absolute Gasteiger partial charge is 0.222 e. The monoisotopic (exact) mass is 380 g/mol. The fourth-order valence-electron chi connectivity index (χ4n) is 4.03. The molecule has 1 aromatic carbocycles. The number of hydrogen-bond acceptors (Lipinski definition) is 4. The van der Waals surface area contributed by atoms with Gasteiger partial charge in [-0.05, 0) is 38.3 Å². The van der Waals surface area contributed by atoms with Crippen molar-refractivity contribution in [2.75, 3.05) is 38.5 Å². The molecule has 0 aliphatic carbocycles. The van der Waals surface area contributed by atoms with Gasteiger partial charge in [-0.15, -0.1) is 0 Å². The summed E-state index contributed by atoms with van der Waals surface area (Å²) in [5, 5.41) is 0. The van der Waals surface area contributed by atoms with Crippen molar-refractivity contribution in [3.63, 3.8) is 0 Å². The van der Waals surface area contributed by atoms with Gasteiger partial charge < -0.3 is 9.64 Å². The molecular weight excluding hydrogens is 352 g/mol. The van der Waals surface area contributed by atoms with E-state index >= 15 is 0 Å². The minimum atomic E-state index is -3.36. The first-order valence-corrected chi connectivity index (χ1v) is 11.0. The summed E-state index contributed by atoms with van der Waals surface area (Å²) in [5.41, 5.74) is -0.0878. The number of likely N-dealkylation sites (tertiary alicyclic amines) is 1. The molecule has 26 heavy (non-hydrogen) atoms. The Morgan fingerprint density at radius 1 is 1.15 bits per heavy atom. The third-order valence-electron chi connectivity index (χ3n) is 5.50. The fourth-order valence-corrected chi connectivity index (χ4v) is 5.46. The molecule has 2 saturated heterocycles. The SMILES string of the molecule is CCN1C[C@@]2(CCCN(S(=O)(=O)CCOc3ccccc3)C2)CCC1=O. The Kier molecular flexibility index (Phi) is 5.87. The van der Waals surface area contributed by atoms with Crippen molar-refractivity contribution in [2.45, 2.75) is 32.6 Å². The summed E-state index contributed by atoms with van der Waals surface area (Å²) in [6, 6.07) is 9.26. The summed E-state index contributed by atoms with van der Waals surface area (Å²) < 4.78 is 32.7. The number of hydrogen-bond donors (Lipinski definition) is 0. The number of rotatable bonds is 6. The van der Waals surface area contributed by atoms with E-state index in [1.54, 1.807) is 4.31 Å². The minimum absolute atomic E-state index is 0.0194. The predicted octanol–water partition coefficient (Wildman–Crippen LogP) is 2.12. The van der Waals surface area contributed by atoms with Crippen LogP contribution in [-0.4, -0.2) is 62.1 Å². The highest BCUT2D eigenvalue weighted by atomic mass is 32.2. The normalized spacial score (nSPS) is 24.8. The fraction of sp³-hybridized carbons (Fsp3) is 0.632. The third-order valence-corrected chi connectivity index (χ3v) is 7.28. The van der Waals surface area contributed by atoms with Crippen LogP contribution in [0, 0.1) is 5.41 Å². The number of carbonyl (C=O) groups excluding carboxylic acids is 1. The molecule has 0 radical (unpaired) electrons. The Bertz CT molecular complexity index is 722. The number of carbonyl (C=O) groups is 1. The maximum atomic E-state index is 12.8. The van der Waals surface area contributed by atoms with Gasteiger partial charge in [0.2, 0.25) is 15.9 Å². The van der Waals surface area contributed by atoms with Crippen LogP contribution in [0.15, 0.2) is 30.3 Å². The van der Waals surface area contributed by atoms with E-state index in [4.69, 9.17) is 4.74 Å². The Hall–Kier alpha value is -1.60. The Balaban J connectivity index is 1.60. The van der Waals surface area contributed by atoms with Gasteiger partial charge >= 0.3 is 0 Å². The van der Waals surface area contributed by atoms with E-state index in [9.17, 15) is 13.2 Å². The Morgan fingerprint density at radius 2 is 1.92 bits per heavy atom. The van der Waals surface area contributed by atoms with E-state index in [0.29, 0.717) is 38.3 Å². The lowest BCUT2D eigenvalue weighted by atomic mass is 9.74. The molecule has 6 nitrogen and oxygen atoms in total. The van der Waals surface area contributed by atoms with Crippen LogP contribution in [-0.2, 0) is 14.8 Å². The van der Waals surface area contributed by atoms with E-state index < -0.39 is 10.0 Å².